The molecule has 2 aromatic rings. The number of hydrogen-bond acceptors (Lipinski definition) is 5. The number of amides is 1. The number of carbonyl (C=O) groups excluding carboxylic acids is 1. The van der Waals surface area contributed by atoms with Gasteiger partial charge in [-0.05, 0) is 22.3 Å². The van der Waals surface area contributed by atoms with Crippen LogP contribution in [-0.2, 0) is 14.3 Å². The van der Waals surface area contributed by atoms with E-state index in [0.29, 0.717) is 0 Å². The van der Waals surface area contributed by atoms with Crippen molar-refractivity contribution in [2.24, 2.45) is 0 Å². The summed E-state index contributed by atoms with van der Waals surface area (Å²) in [5, 5.41) is 18.3. The van der Waals surface area contributed by atoms with Crippen molar-refractivity contribution in [3.05, 3.63) is 59.7 Å². The lowest BCUT2D eigenvalue weighted by atomic mass is 9.98. The Morgan fingerprint density at radius 1 is 1.03 bits per heavy atom. The van der Waals surface area contributed by atoms with E-state index in [4.69, 9.17) is 9.84 Å². The molecule has 0 saturated heterocycles. The summed E-state index contributed by atoms with van der Waals surface area (Å²) in [4.78, 5) is 24.7. The molecule has 1 aliphatic carbocycles. The number of aliphatic carboxylic acids is 1. The Labute approximate surface area is 182 Å². The number of aliphatic hydroxyl groups is 1. The first-order chi connectivity index (χ1) is 15.1. The third-order valence-electron chi connectivity index (χ3n) is 5.31. The van der Waals surface area contributed by atoms with Gasteiger partial charge >= 0.3 is 18.2 Å². The second-order valence-corrected chi connectivity index (χ2v) is 7.36. The number of nitrogens with zero attached hydrogens (tertiary/aromatic N) is 1. The van der Waals surface area contributed by atoms with E-state index in [2.05, 4.69) is 4.74 Å². The van der Waals surface area contributed by atoms with Crippen LogP contribution in [0.4, 0.5) is 18.0 Å². The fourth-order valence-electron chi connectivity index (χ4n) is 3.56. The highest BCUT2D eigenvalue weighted by Crippen LogP contribution is 2.44. The molecule has 0 aliphatic heterocycles. The molecule has 7 nitrogen and oxygen atoms in total. The Kier molecular flexibility index (Phi) is 7.05. The third kappa shape index (κ3) is 5.03. The van der Waals surface area contributed by atoms with Gasteiger partial charge in [-0.3, -0.25) is 4.90 Å². The molecular formula is C22H22F3NO6. The van der Waals surface area contributed by atoms with Crippen molar-refractivity contribution in [2.75, 3.05) is 26.9 Å². The number of benzene rings is 2. The molecule has 32 heavy (non-hydrogen) atoms. The van der Waals surface area contributed by atoms with Gasteiger partial charge in [-0.15, -0.1) is 0 Å². The monoisotopic (exact) mass is 453 g/mol. The minimum absolute atomic E-state index is 0.0445. The van der Waals surface area contributed by atoms with Crippen LogP contribution in [0.2, 0.25) is 0 Å². The Balaban J connectivity index is 1.63. The van der Waals surface area contributed by atoms with E-state index in [-0.39, 0.29) is 12.5 Å². The van der Waals surface area contributed by atoms with E-state index in [1.54, 1.807) is 0 Å². The van der Waals surface area contributed by atoms with E-state index in [1.165, 1.54) is 0 Å². The van der Waals surface area contributed by atoms with Gasteiger partial charge in [-0.1, -0.05) is 48.5 Å². The predicted octanol–water partition coefficient (Wildman–Crippen LogP) is 3.26. The van der Waals surface area contributed by atoms with Gasteiger partial charge in [0.1, 0.15) is 6.61 Å². The second-order valence-electron chi connectivity index (χ2n) is 7.36. The maximum Gasteiger partial charge on any atom is 0.416 e. The molecule has 2 atom stereocenters. The molecule has 0 saturated carbocycles. The lowest BCUT2D eigenvalue weighted by Crippen LogP contribution is -2.46. The summed E-state index contributed by atoms with van der Waals surface area (Å²) in [7, 11) is 1.15. The van der Waals surface area contributed by atoms with Gasteiger partial charge in [0.2, 0.25) is 0 Å². The highest BCUT2D eigenvalue weighted by Gasteiger charge is 2.39. The van der Waals surface area contributed by atoms with Crippen LogP contribution in [0, 0.1) is 0 Å². The Bertz CT molecular complexity index is 935. The lowest BCUT2D eigenvalue weighted by Gasteiger charge is -2.25. The highest BCUT2D eigenvalue weighted by atomic mass is 19.4. The summed E-state index contributed by atoms with van der Waals surface area (Å²) in [6.45, 7) is -1.94. The maximum atomic E-state index is 12.5. The average molecular weight is 453 g/mol. The van der Waals surface area contributed by atoms with Crippen LogP contribution in [0.25, 0.3) is 11.1 Å². The van der Waals surface area contributed by atoms with Crippen molar-refractivity contribution >= 4 is 12.1 Å². The van der Waals surface area contributed by atoms with E-state index < -0.39 is 43.6 Å². The van der Waals surface area contributed by atoms with Crippen LogP contribution in [0.15, 0.2) is 48.5 Å². The minimum atomic E-state index is -4.89. The number of carbonyl (C=O) groups is 2. The quantitative estimate of drug-likeness (QED) is 0.637. The van der Waals surface area contributed by atoms with Crippen molar-refractivity contribution in [1.29, 1.82) is 0 Å². The molecule has 3 rings (SSSR count). The van der Waals surface area contributed by atoms with Gasteiger partial charge in [-0.2, -0.15) is 13.2 Å². The Hall–Kier alpha value is -3.11. The molecule has 2 N–H and O–H groups in total. The third-order valence-corrected chi connectivity index (χ3v) is 5.31. The number of hydrogen-bond donors (Lipinski definition) is 2. The van der Waals surface area contributed by atoms with Crippen molar-refractivity contribution in [3.8, 4) is 11.1 Å². The fraction of sp³-hybridized carbons (Fsp3) is 0.364. The Morgan fingerprint density at radius 3 is 2.06 bits per heavy atom. The SMILES string of the molecule is CN(C(=O)OCC1c2ccccc2-c2ccccc21)C(COCC(O)C(F)(F)F)C(=O)O. The fourth-order valence-corrected chi connectivity index (χ4v) is 3.56. The Morgan fingerprint density at radius 2 is 1.56 bits per heavy atom. The zero-order valence-corrected chi connectivity index (χ0v) is 17.1. The summed E-state index contributed by atoms with van der Waals surface area (Å²) in [6, 6.07) is 13.8. The number of halogens is 3. The molecule has 172 valence electrons. The van der Waals surface area contributed by atoms with Gasteiger partial charge in [0.15, 0.2) is 12.1 Å². The zero-order chi connectivity index (χ0) is 23.5. The van der Waals surface area contributed by atoms with Gasteiger partial charge in [0.05, 0.1) is 13.2 Å². The number of ether oxygens (including phenoxy) is 2. The van der Waals surface area contributed by atoms with Crippen molar-refractivity contribution in [3.63, 3.8) is 0 Å². The summed E-state index contributed by atoms with van der Waals surface area (Å²) in [6.07, 6.45) is -8.60. The van der Waals surface area contributed by atoms with Gasteiger partial charge < -0.3 is 19.7 Å². The van der Waals surface area contributed by atoms with Crippen LogP contribution >= 0.6 is 0 Å². The number of fused-ring (bicyclic) bond motifs is 3. The molecule has 2 unspecified atom stereocenters. The molecule has 10 heteroatoms. The van der Waals surface area contributed by atoms with Crippen LogP contribution < -0.4 is 0 Å². The van der Waals surface area contributed by atoms with Crippen LogP contribution in [-0.4, -0.2) is 72.4 Å². The topological polar surface area (TPSA) is 96.3 Å². The first-order valence-electron chi connectivity index (χ1n) is 9.74. The molecule has 1 aliphatic rings. The molecular weight excluding hydrogens is 431 g/mol. The second kappa shape index (κ2) is 9.58. The van der Waals surface area contributed by atoms with E-state index >= 15 is 0 Å². The average Bonchev–Trinajstić information content (AvgIpc) is 3.07. The van der Waals surface area contributed by atoms with Gasteiger partial charge in [0.25, 0.3) is 0 Å². The molecule has 0 fully saturated rings. The highest BCUT2D eigenvalue weighted by molar-refractivity contribution is 5.81. The molecule has 0 radical (unpaired) electrons. The van der Waals surface area contributed by atoms with Crippen molar-refractivity contribution in [2.45, 2.75) is 24.2 Å². The molecule has 0 heterocycles. The number of likely N-dealkylation sites (N-methyl/N-ethyl adjacent to an activating group) is 1. The van der Waals surface area contributed by atoms with Crippen LogP contribution in [0.1, 0.15) is 17.0 Å². The first-order valence-corrected chi connectivity index (χ1v) is 9.74. The molecule has 0 bridgehead atoms. The molecule has 0 aromatic heterocycles. The smallest absolute Gasteiger partial charge is 0.416 e. The van der Waals surface area contributed by atoms with E-state index in [9.17, 15) is 27.9 Å². The molecule has 2 aromatic carbocycles. The van der Waals surface area contributed by atoms with Crippen LogP contribution in [0.3, 0.4) is 0 Å². The normalized spacial score (nSPS) is 14.9. The van der Waals surface area contributed by atoms with Crippen LogP contribution in [0.5, 0.6) is 0 Å². The number of carboxylic acids is 1. The number of rotatable bonds is 8. The first kappa shape index (κ1) is 23.6. The largest absolute Gasteiger partial charge is 0.480 e. The van der Waals surface area contributed by atoms with Gasteiger partial charge in [-0.25, -0.2) is 9.59 Å². The minimum Gasteiger partial charge on any atom is -0.480 e. The van der Waals surface area contributed by atoms with E-state index in [1.807, 2.05) is 48.5 Å². The van der Waals surface area contributed by atoms with Gasteiger partial charge in [0, 0.05) is 13.0 Å². The number of aliphatic hydroxyl groups excluding tert-OH is 1. The van der Waals surface area contributed by atoms with Crippen molar-refractivity contribution in [1.82, 2.24) is 4.90 Å². The summed E-state index contributed by atoms with van der Waals surface area (Å²) in [5.74, 6) is -1.72. The number of alkyl halides is 3. The summed E-state index contributed by atoms with van der Waals surface area (Å²) < 4.78 is 47.1. The van der Waals surface area contributed by atoms with E-state index in [0.717, 1.165) is 34.2 Å². The summed E-state index contributed by atoms with van der Waals surface area (Å²) in [5.41, 5.74) is 4.00. The summed E-state index contributed by atoms with van der Waals surface area (Å²) >= 11 is 0. The lowest BCUT2D eigenvalue weighted by molar-refractivity contribution is -0.218. The predicted molar refractivity (Wildman–Crippen MR) is 107 cm³/mol. The maximum absolute atomic E-state index is 12.5. The van der Waals surface area contributed by atoms with Crippen molar-refractivity contribution < 1.29 is 42.4 Å². The number of carboxylic acid groups (broad SMARTS) is 1. The molecule has 0 spiro atoms. The zero-order valence-electron chi connectivity index (χ0n) is 17.1. The standard InChI is InChI=1S/C22H22F3NO6/c1-26(18(20(28)29)11-31-12-19(27)22(23,24)25)21(30)32-10-17-15-8-4-2-6-13(15)14-7-3-5-9-16(14)17/h2-9,17-19,27H,10-12H2,1H3,(H,28,29). The molecule has 1 amide bonds.